The highest BCUT2D eigenvalue weighted by Crippen LogP contribution is 2.34. The number of nitrogens with zero attached hydrogens (tertiary/aromatic N) is 1. The van der Waals surface area contributed by atoms with E-state index in [9.17, 15) is 0 Å². The number of rotatable bonds is 3. The fourth-order valence-corrected chi connectivity index (χ4v) is 2.50. The lowest BCUT2D eigenvalue weighted by molar-refractivity contribution is 0.460. The predicted molar refractivity (Wildman–Crippen MR) is 88.9 cm³/mol. The van der Waals surface area contributed by atoms with Crippen molar-refractivity contribution in [3.63, 3.8) is 0 Å². The predicted octanol–water partition coefficient (Wildman–Crippen LogP) is 5.96. The molecule has 0 N–H and O–H groups in total. The largest absolute Gasteiger partial charge is 0.436 e. The van der Waals surface area contributed by atoms with Gasteiger partial charge in [-0.05, 0) is 51.3 Å². The van der Waals surface area contributed by atoms with Gasteiger partial charge in [-0.3, -0.25) is 0 Å². The maximum Gasteiger partial charge on any atom is 0.233 e. The first-order valence-corrected chi connectivity index (χ1v) is 7.54. The van der Waals surface area contributed by atoms with Crippen LogP contribution in [0.4, 0.5) is 0 Å². The molecule has 3 rings (SSSR count). The standard InChI is InChI=1S/C17H11BrClNO/c18-14-7-4-10-20-17(14)21-16-9-8-13(11-15(16)19)12-5-2-1-3-6-12/h1-11H. The first-order valence-electron chi connectivity index (χ1n) is 6.37. The zero-order chi connectivity index (χ0) is 14.7. The van der Waals surface area contributed by atoms with Crippen molar-refractivity contribution < 1.29 is 4.74 Å². The molecule has 0 saturated carbocycles. The fourth-order valence-electron chi connectivity index (χ4n) is 1.94. The molecule has 0 saturated heterocycles. The third-order valence-corrected chi connectivity index (χ3v) is 3.87. The number of hydrogen-bond acceptors (Lipinski definition) is 2. The highest BCUT2D eigenvalue weighted by Gasteiger charge is 2.08. The Labute approximate surface area is 136 Å². The van der Waals surface area contributed by atoms with Gasteiger partial charge < -0.3 is 4.74 Å². The molecular weight excluding hydrogens is 350 g/mol. The Morgan fingerprint density at radius 1 is 0.905 bits per heavy atom. The molecule has 2 nitrogen and oxygen atoms in total. The molecule has 0 radical (unpaired) electrons. The minimum atomic E-state index is 0.492. The van der Waals surface area contributed by atoms with E-state index in [0.29, 0.717) is 16.7 Å². The molecule has 1 aromatic heterocycles. The van der Waals surface area contributed by atoms with Crippen molar-refractivity contribution in [1.29, 1.82) is 0 Å². The van der Waals surface area contributed by atoms with Crippen LogP contribution in [0.3, 0.4) is 0 Å². The third-order valence-electron chi connectivity index (χ3n) is 2.97. The highest BCUT2D eigenvalue weighted by atomic mass is 79.9. The maximum absolute atomic E-state index is 6.31. The zero-order valence-corrected chi connectivity index (χ0v) is 13.3. The molecule has 0 aliphatic rings. The SMILES string of the molecule is Clc1cc(-c2ccccc2)ccc1Oc1ncccc1Br. The highest BCUT2D eigenvalue weighted by molar-refractivity contribution is 9.10. The van der Waals surface area contributed by atoms with Crippen LogP contribution >= 0.6 is 27.5 Å². The van der Waals surface area contributed by atoms with Crippen molar-refractivity contribution in [2.45, 2.75) is 0 Å². The molecule has 0 aliphatic heterocycles. The molecule has 4 heteroatoms. The molecule has 2 aromatic carbocycles. The van der Waals surface area contributed by atoms with Crippen LogP contribution in [0.25, 0.3) is 11.1 Å². The van der Waals surface area contributed by atoms with Gasteiger partial charge in [0.25, 0.3) is 0 Å². The smallest absolute Gasteiger partial charge is 0.233 e. The van der Waals surface area contributed by atoms with Crippen LogP contribution in [0, 0.1) is 0 Å². The summed E-state index contributed by atoms with van der Waals surface area (Å²) in [5.41, 5.74) is 2.16. The number of ether oxygens (including phenoxy) is 1. The van der Waals surface area contributed by atoms with Crippen molar-refractivity contribution in [3.8, 4) is 22.8 Å². The number of aromatic nitrogens is 1. The second-order valence-corrected chi connectivity index (χ2v) is 5.67. The minimum Gasteiger partial charge on any atom is -0.436 e. The molecule has 0 fully saturated rings. The molecule has 3 aromatic rings. The van der Waals surface area contributed by atoms with Crippen molar-refractivity contribution in [3.05, 3.63) is 76.4 Å². The van der Waals surface area contributed by atoms with Gasteiger partial charge in [0.05, 0.1) is 9.50 Å². The van der Waals surface area contributed by atoms with Gasteiger partial charge in [0.1, 0.15) is 5.75 Å². The molecule has 0 unspecified atom stereocenters. The average molecular weight is 361 g/mol. The van der Waals surface area contributed by atoms with Crippen molar-refractivity contribution in [2.75, 3.05) is 0 Å². The maximum atomic E-state index is 6.31. The van der Waals surface area contributed by atoms with E-state index in [4.69, 9.17) is 16.3 Å². The number of benzene rings is 2. The summed E-state index contributed by atoms with van der Waals surface area (Å²) < 4.78 is 6.53. The summed E-state index contributed by atoms with van der Waals surface area (Å²) in [6.45, 7) is 0. The van der Waals surface area contributed by atoms with Gasteiger partial charge >= 0.3 is 0 Å². The van der Waals surface area contributed by atoms with Gasteiger partial charge in [-0.2, -0.15) is 0 Å². The van der Waals surface area contributed by atoms with E-state index in [0.717, 1.165) is 15.6 Å². The van der Waals surface area contributed by atoms with E-state index in [-0.39, 0.29) is 0 Å². The second-order valence-electron chi connectivity index (χ2n) is 4.40. The monoisotopic (exact) mass is 359 g/mol. The van der Waals surface area contributed by atoms with E-state index in [1.165, 1.54) is 0 Å². The molecule has 0 aliphatic carbocycles. The lowest BCUT2D eigenvalue weighted by Gasteiger charge is -2.09. The van der Waals surface area contributed by atoms with Crippen LogP contribution in [-0.4, -0.2) is 4.98 Å². The van der Waals surface area contributed by atoms with E-state index in [1.54, 1.807) is 6.20 Å². The fraction of sp³-hybridized carbons (Fsp3) is 0. The zero-order valence-electron chi connectivity index (χ0n) is 11.0. The van der Waals surface area contributed by atoms with Crippen molar-refractivity contribution in [2.24, 2.45) is 0 Å². The molecule has 104 valence electrons. The van der Waals surface area contributed by atoms with Gasteiger partial charge in [-0.1, -0.05) is 48.0 Å². The van der Waals surface area contributed by atoms with Crippen LogP contribution in [-0.2, 0) is 0 Å². The van der Waals surface area contributed by atoms with E-state index in [1.807, 2.05) is 60.7 Å². The lowest BCUT2D eigenvalue weighted by atomic mass is 10.1. The van der Waals surface area contributed by atoms with Gasteiger partial charge in [-0.25, -0.2) is 4.98 Å². The Balaban J connectivity index is 1.90. The number of hydrogen-bond donors (Lipinski definition) is 0. The molecule has 0 bridgehead atoms. The molecule has 1 heterocycles. The molecule has 0 atom stereocenters. The molecule has 21 heavy (non-hydrogen) atoms. The Morgan fingerprint density at radius 2 is 1.71 bits per heavy atom. The summed E-state index contributed by atoms with van der Waals surface area (Å²) in [5.74, 6) is 1.07. The number of pyridine rings is 1. The van der Waals surface area contributed by atoms with Crippen LogP contribution in [0.2, 0.25) is 5.02 Å². The van der Waals surface area contributed by atoms with Crippen LogP contribution in [0.1, 0.15) is 0 Å². The Morgan fingerprint density at radius 3 is 2.43 bits per heavy atom. The van der Waals surface area contributed by atoms with E-state index >= 15 is 0 Å². The summed E-state index contributed by atoms with van der Waals surface area (Å²) in [5, 5.41) is 0.550. The average Bonchev–Trinajstić information content (AvgIpc) is 2.52. The van der Waals surface area contributed by atoms with Crippen LogP contribution < -0.4 is 4.74 Å². The lowest BCUT2D eigenvalue weighted by Crippen LogP contribution is -1.90. The van der Waals surface area contributed by atoms with Crippen molar-refractivity contribution >= 4 is 27.5 Å². The van der Waals surface area contributed by atoms with E-state index in [2.05, 4.69) is 20.9 Å². The van der Waals surface area contributed by atoms with E-state index < -0.39 is 0 Å². The molecular formula is C17H11BrClNO. The van der Waals surface area contributed by atoms with Crippen molar-refractivity contribution in [1.82, 2.24) is 4.98 Å². The number of halogens is 2. The normalized spacial score (nSPS) is 10.4. The first-order chi connectivity index (χ1) is 10.2. The summed E-state index contributed by atoms with van der Waals surface area (Å²) in [6.07, 6.45) is 1.67. The Bertz CT molecular complexity index is 762. The van der Waals surface area contributed by atoms with Gasteiger partial charge in [-0.15, -0.1) is 0 Å². The minimum absolute atomic E-state index is 0.492. The summed E-state index contributed by atoms with van der Waals surface area (Å²) >= 11 is 9.71. The quantitative estimate of drug-likeness (QED) is 0.575. The first kappa shape index (κ1) is 14.1. The third kappa shape index (κ3) is 3.26. The van der Waals surface area contributed by atoms with Gasteiger partial charge in [0.2, 0.25) is 5.88 Å². The van der Waals surface area contributed by atoms with Crippen LogP contribution in [0.5, 0.6) is 11.6 Å². The summed E-state index contributed by atoms with van der Waals surface area (Å²) in [7, 11) is 0. The second kappa shape index (κ2) is 6.29. The van der Waals surface area contributed by atoms with Crippen LogP contribution in [0.15, 0.2) is 71.3 Å². The topological polar surface area (TPSA) is 22.1 Å². The summed E-state index contributed by atoms with van der Waals surface area (Å²) in [4.78, 5) is 4.17. The Hall–Kier alpha value is -1.84. The van der Waals surface area contributed by atoms with Gasteiger partial charge in [0.15, 0.2) is 0 Å². The van der Waals surface area contributed by atoms with Gasteiger partial charge in [0, 0.05) is 6.20 Å². The Kier molecular flexibility index (Phi) is 4.23. The summed E-state index contributed by atoms with van der Waals surface area (Å²) in [6, 6.07) is 19.5. The molecule has 0 spiro atoms. The molecule has 0 amide bonds.